The summed E-state index contributed by atoms with van der Waals surface area (Å²) in [6.07, 6.45) is 2.04. The average molecular weight is 441 g/mol. The number of carbonyl (C=O) groups is 1. The Morgan fingerprint density at radius 2 is 1.70 bits per heavy atom. The van der Waals surface area contributed by atoms with E-state index >= 15 is 0 Å². The summed E-state index contributed by atoms with van der Waals surface area (Å²) in [6.45, 7) is 2.72. The Balaban J connectivity index is 1.56. The minimum Gasteiger partial charge on any atom is -0.331 e. The fourth-order valence-corrected chi connectivity index (χ4v) is 5.65. The number of benzene rings is 2. The molecular weight excluding hydrogens is 416 g/mol. The summed E-state index contributed by atoms with van der Waals surface area (Å²) in [5.74, 6) is -0.0507. The Kier molecular flexibility index (Phi) is 5.92. The Morgan fingerprint density at radius 3 is 2.27 bits per heavy atom. The SMILES string of the molecule is CCN(c1ccccc1)S(=O)(=O)c1ccc(C(=O)N(Cc2cccs2)C2CC2)cc1. The molecule has 0 bridgehead atoms. The molecule has 1 amide bonds. The molecule has 0 radical (unpaired) electrons. The molecule has 1 aliphatic carbocycles. The van der Waals surface area contributed by atoms with E-state index in [1.807, 2.05) is 40.6 Å². The zero-order valence-corrected chi connectivity index (χ0v) is 18.4. The van der Waals surface area contributed by atoms with Crippen LogP contribution in [0.2, 0.25) is 0 Å². The van der Waals surface area contributed by atoms with Gasteiger partial charge in [0.25, 0.3) is 15.9 Å². The van der Waals surface area contributed by atoms with Crippen LogP contribution in [0.15, 0.2) is 77.0 Å². The van der Waals surface area contributed by atoms with Crippen LogP contribution in [0.4, 0.5) is 5.69 Å². The van der Waals surface area contributed by atoms with Crippen LogP contribution in [-0.2, 0) is 16.6 Å². The van der Waals surface area contributed by atoms with Gasteiger partial charge in [0.15, 0.2) is 0 Å². The largest absolute Gasteiger partial charge is 0.331 e. The maximum atomic E-state index is 13.1. The van der Waals surface area contributed by atoms with Crippen LogP contribution in [0.25, 0.3) is 0 Å². The van der Waals surface area contributed by atoms with Gasteiger partial charge in [-0.15, -0.1) is 11.3 Å². The van der Waals surface area contributed by atoms with Gasteiger partial charge < -0.3 is 4.90 Å². The first-order chi connectivity index (χ1) is 14.5. The molecule has 2 aromatic carbocycles. The van der Waals surface area contributed by atoms with Crippen LogP contribution in [0.1, 0.15) is 35.0 Å². The number of thiophene rings is 1. The molecule has 0 spiro atoms. The molecule has 0 atom stereocenters. The van der Waals surface area contributed by atoms with Crippen molar-refractivity contribution in [1.29, 1.82) is 0 Å². The lowest BCUT2D eigenvalue weighted by Gasteiger charge is -2.24. The quantitative estimate of drug-likeness (QED) is 0.507. The van der Waals surface area contributed by atoms with Gasteiger partial charge in [0, 0.05) is 23.0 Å². The predicted octanol–water partition coefficient (Wildman–Crippen LogP) is 4.77. The molecule has 1 heterocycles. The van der Waals surface area contributed by atoms with Gasteiger partial charge in [-0.1, -0.05) is 24.3 Å². The van der Waals surface area contributed by atoms with E-state index in [2.05, 4.69) is 0 Å². The Labute approximate surface area is 181 Å². The number of sulfonamides is 1. The van der Waals surface area contributed by atoms with Gasteiger partial charge in [0.05, 0.1) is 17.1 Å². The van der Waals surface area contributed by atoms with E-state index < -0.39 is 10.0 Å². The molecule has 0 saturated heterocycles. The summed E-state index contributed by atoms with van der Waals surface area (Å²) < 4.78 is 27.7. The molecule has 1 saturated carbocycles. The minimum atomic E-state index is -3.70. The van der Waals surface area contributed by atoms with Gasteiger partial charge in [-0.05, 0) is 67.6 Å². The van der Waals surface area contributed by atoms with Crippen molar-refractivity contribution in [2.24, 2.45) is 0 Å². The second-order valence-electron chi connectivity index (χ2n) is 7.27. The van der Waals surface area contributed by atoms with Gasteiger partial charge in [-0.25, -0.2) is 8.42 Å². The van der Waals surface area contributed by atoms with Crippen molar-refractivity contribution in [1.82, 2.24) is 4.90 Å². The Morgan fingerprint density at radius 1 is 1.00 bits per heavy atom. The zero-order chi connectivity index (χ0) is 21.1. The minimum absolute atomic E-state index is 0.0507. The summed E-state index contributed by atoms with van der Waals surface area (Å²) in [6, 6.07) is 19.6. The molecule has 1 aromatic heterocycles. The Hall–Kier alpha value is -2.64. The molecule has 30 heavy (non-hydrogen) atoms. The Bertz CT molecular complexity index is 1090. The molecular formula is C23H24N2O3S2. The molecule has 0 N–H and O–H groups in total. The second-order valence-corrected chi connectivity index (χ2v) is 10.2. The fourth-order valence-electron chi connectivity index (χ4n) is 3.47. The summed E-state index contributed by atoms with van der Waals surface area (Å²) in [4.78, 5) is 16.3. The first kappa shape index (κ1) is 20.6. The molecule has 1 fully saturated rings. The molecule has 7 heteroatoms. The smallest absolute Gasteiger partial charge is 0.264 e. The molecule has 156 valence electrons. The maximum Gasteiger partial charge on any atom is 0.264 e. The molecule has 0 aliphatic heterocycles. The molecule has 3 aromatic rings. The van der Waals surface area contributed by atoms with Crippen molar-refractivity contribution in [3.8, 4) is 0 Å². The third-order valence-corrected chi connectivity index (χ3v) is 7.95. The van der Waals surface area contributed by atoms with Crippen molar-refractivity contribution in [3.05, 3.63) is 82.6 Å². The van der Waals surface area contributed by atoms with Crippen molar-refractivity contribution in [2.75, 3.05) is 10.8 Å². The molecule has 0 unspecified atom stereocenters. The van der Waals surface area contributed by atoms with E-state index in [9.17, 15) is 13.2 Å². The topological polar surface area (TPSA) is 57.7 Å². The molecule has 4 rings (SSSR count). The number of hydrogen-bond donors (Lipinski definition) is 0. The number of hydrogen-bond acceptors (Lipinski definition) is 4. The number of rotatable bonds is 8. The summed E-state index contributed by atoms with van der Waals surface area (Å²) in [5, 5.41) is 2.01. The van der Waals surface area contributed by atoms with Gasteiger partial charge in [0.2, 0.25) is 0 Å². The van der Waals surface area contributed by atoms with E-state index in [0.29, 0.717) is 24.3 Å². The van der Waals surface area contributed by atoms with Gasteiger partial charge in [-0.2, -0.15) is 0 Å². The van der Waals surface area contributed by atoms with E-state index in [1.165, 1.54) is 16.4 Å². The van der Waals surface area contributed by atoms with Crippen LogP contribution < -0.4 is 4.31 Å². The second kappa shape index (κ2) is 8.62. The highest BCUT2D eigenvalue weighted by atomic mass is 32.2. The fraction of sp³-hybridized carbons (Fsp3) is 0.261. The number of para-hydroxylation sites is 1. The third-order valence-electron chi connectivity index (χ3n) is 5.18. The summed E-state index contributed by atoms with van der Waals surface area (Å²) in [7, 11) is -3.70. The summed E-state index contributed by atoms with van der Waals surface area (Å²) in [5.41, 5.74) is 1.14. The lowest BCUT2D eigenvalue weighted by Crippen LogP contribution is -2.32. The van der Waals surface area contributed by atoms with Crippen LogP contribution in [-0.4, -0.2) is 31.8 Å². The predicted molar refractivity (Wildman–Crippen MR) is 120 cm³/mol. The maximum absolute atomic E-state index is 13.1. The van der Waals surface area contributed by atoms with Crippen LogP contribution in [0.3, 0.4) is 0 Å². The normalized spacial score (nSPS) is 13.8. The van der Waals surface area contributed by atoms with Crippen LogP contribution in [0, 0.1) is 0 Å². The van der Waals surface area contributed by atoms with Gasteiger partial charge in [0.1, 0.15) is 0 Å². The van der Waals surface area contributed by atoms with Crippen molar-refractivity contribution in [2.45, 2.75) is 37.2 Å². The van der Waals surface area contributed by atoms with Crippen LogP contribution in [0.5, 0.6) is 0 Å². The number of amides is 1. The van der Waals surface area contributed by atoms with E-state index in [-0.39, 0.29) is 16.8 Å². The van der Waals surface area contributed by atoms with E-state index in [1.54, 1.807) is 42.5 Å². The highest BCUT2D eigenvalue weighted by molar-refractivity contribution is 7.92. The highest BCUT2D eigenvalue weighted by Gasteiger charge is 2.33. The van der Waals surface area contributed by atoms with Crippen molar-refractivity contribution >= 4 is 33.0 Å². The highest BCUT2D eigenvalue weighted by Crippen LogP contribution is 2.31. The van der Waals surface area contributed by atoms with E-state index in [4.69, 9.17) is 0 Å². The van der Waals surface area contributed by atoms with Crippen LogP contribution >= 0.6 is 11.3 Å². The lowest BCUT2D eigenvalue weighted by molar-refractivity contribution is 0.0731. The summed E-state index contributed by atoms with van der Waals surface area (Å²) >= 11 is 1.64. The number of carbonyl (C=O) groups excluding carboxylic acids is 1. The third kappa shape index (κ3) is 4.27. The van der Waals surface area contributed by atoms with Crippen molar-refractivity contribution < 1.29 is 13.2 Å². The number of nitrogens with zero attached hydrogens (tertiary/aromatic N) is 2. The standard InChI is InChI=1S/C23H24N2O3S2/c1-2-25(20-7-4-3-5-8-20)30(27,28)22-14-10-18(11-15-22)23(26)24(19-12-13-19)17-21-9-6-16-29-21/h3-11,14-16,19H,2,12-13,17H2,1H3. The van der Waals surface area contributed by atoms with Crippen molar-refractivity contribution in [3.63, 3.8) is 0 Å². The van der Waals surface area contributed by atoms with E-state index in [0.717, 1.165) is 17.7 Å². The molecule has 1 aliphatic rings. The zero-order valence-electron chi connectivity index (χ0n) is 16.8. The number of anilines is 1. The average Bonchev–Trinajstić information content (AvgIpc) is 3.48. The molecule has 5 nitrogen and oxygen atoms in total. The monoisotopic (exact) mass is 440 g/mol. The first-order valence-corrected chi connectivity index (χ1v) is 12.3. The van der Waals surface area contributed by atoms with Gasteiger partial charge in [-0.3, -0.25) is 9.10 Å². The lowest BCUT2D eigenvalue weighted by atomic mass is 10.2. The van der Waals surface area contributed by atoms with Gasteiger partial charge >= 0.3 is 0 Å². The first-order valence-electron chi connectivity index (χ1n) is 10.0.